The van der Waals surface area contributed by atoms with E-state index in [-0.39, 0.29) is 13.0 Å². The molecule has 200 valence electrons. The highest BCUT2D eigenvalue weighted by Crippen LogP contribution is 2.25. The zero-order valence-corrected chi connectivity index (χ0v) is 21.1. The van der Waals surface area contributed by atoms with Crippen LogP contribution in [0.2, 0.25) is 0 Å². The second kappa shape index (κ2) is 12.4. The number of nitrogens with one attached hydrogen (secondary N) is 1. The lowest BCUT2D eigenvalue weighted by Gasteiger charge is -2.26. The summed E-state index contributed by atoms with van der Waals surface area (Å²) >= 11 is 0. The van der Waals surface area contributed by atoms with Gasteiger partial charge in [0.15, 0.2) is 0 Å². The standard InChI is InChI=1S/C27H25F3N2O5S/c1-2-32(22-11-7-4-8-12-22)26(34)24(19-21-13-15-23(16-14-21)37-27(28,29)30)25(33)31-38(35,36)18-17-20-9-5-3-6-10-20/h3-18,24H,2,19H2,1H3,(H,31,33)/b18-17+. The van der Waals surface area contributed by atoms with Crippen molar-refractivity contribution in [3.05, 3.63) is 101 Å². The number of hydrogen-bond acceptors (Lipinski definition) is 5. The minimum atomic E-state index is -4.88. The molecule has 3 aromatic rings. The summed E-state index contributed by atoms with van der Waals surface area (Å²) in [6.07, 6.45) is -3.84. The summed E-state index contributed by atoms with van der Waals surface area (Å²) in [5.74, 6) is -3.71. The quantitative estimate of drug-likeness (QED) is 0.365. The highest BCUT2D eigenvalue weighted by molar-refractivity contribution is 7.93. The Bertz CT molecular complexity index is 1360. The van der Waals surface area contributed by atoms with Gasteiger partial charge in [0.2, 0.25) is 11.8 Å². The van der Waals surface area contributed by atoms with Gasteiger partial charge in [-0.25, -0.2) is 13.1 Å². The van der Waals surface area contributed by atoms with Crippen molar-refractivity contribution < 1.29 is 35.9 Å². The van der Waals surface area contributed by atoms with E-state index >= 15 is 0 Å². The van der Waals surface area contributed by atoms with Crippen LogP contribution in [0.25, 0.3) is 6.08 Å². The molecular formula is C27H25F3N2O5S. The Morgan fingerprint density at radius 3 is 2.08 bits per heavy atom. The number of hydrogen-bond donors (Lipinski definition) is 1. The van der Waals surface area contributed by atoms with E-state index in [0.29, 0.717) is 16.8 Å². The Labute approximate surface area is 218 Å². The molecule has 2 amide bonds. The van der Waals surface area contributed by atoms with E-state index in [2.05, 4.69) is 4.74 Å². The van der Waals surface area contributed by atoms with Crippen molar-refractivity contribution in [3.8, 4) is 5.75 Å². The highest BCUT2D eigenvalue weighted by atomic mass is 32.2. The number of benzene rings is 3. The van der Waals surface area contributed by atoms with Crippen molar-refractivity contribution in [1.82, 2.24) is 4.72 Å². The van der Waals surface area contributed by atoms with Gasteiger partial charge in [-0.1, -0.05) is 60.7 Å². The fourth-order valence-corrected chi connectivity index (χ4v) is 4.42. The van der Waals surface area contributed by atoms with Gasteiger partial charge in [-0.2, -0.15) is 0 Å². The van der Waals surface area contributed by atoms with Crippen molar-refractivity contribution in [2.45, 2.75) is 19.7 Å². The van der Waals surface area contributed by atoms with E-state index in [0.717, 1.165) is 17.5 Å². The number of carbonyl (C=O) groups excluding carboxylic acids is 2. The summed E-state index contributed by atoms with van der Waals surface area (Å²) in [5.41, 5.74) is 1.41. The molecule has 0 radical (unpaired) electrons. The van der Waals surface area contributed by atoms with Crippen LogP contribution in [-0.4, -0.2) is 33.1 Å². The zero-order chi connectivity index (χ0) is 27.8. The summed E-state index contributed by atoms with van der Waals surface area (Å²) in [5, 5.41) is 0.819. The van der Waals surface area contributed by atoms with Gasteiger partial charge in [0.25, 0.3) is 10.0 Å². The van der Waals surface area contributed by atoms with Gasteiger partial charge in [-0.15, -0.1) is 13.2 Å². The van der Waals surface area contributed by atoms with Gasteiger partial charge < -0.3 is 9.64 Å². The molecular weight excluding hydrogens is 521 g/mol. The van der Waals surface area contributed by atoms with Crippen molar-refractivity contribution >= 4 is 33.6 Å². The van der Waals surface area contributed by atoms with Crippen LogP contribution in [0.3, 0.4) is 0 Å². The fourth-order valence-electron chi connectivity index (χ4n) is 3.59. The van der Waals surface area contributed by atoms with Crippen LogP contribution >= 0.6 is 0 Å². The van der Waals surface area contributed by atoms with Gasteiger partial charge in [0.05, 0.1) is 5.41 Å². The van der Waals surface area contributed by atoms with Crippen LogP contribution in [0.5, 0.6) is 5.75 Å². The average Bonchev–Trinajstić information content (AvgIpc) is 2.87. The van der Waals surface area contributed by atoms with E-state index < -0.39 is 39.9 Å². The molecule has 38 heavy (non-hydrogen) atoms. The van der Waals surface area contributed by atoms with Crippen molar-refractivity contribution in [2.24, 2.45) is 5.92 Å². The maximum absolute atomic E-state index is 13.5. The average molecular weight is 547 g/mol. The van der Waals surface area contributed by atoms with Crippen LogP contribution in [0.4, 0.5) is 18.9 Å². The molecule has 0 saturated carbocycles. The van der Waals surface area contributed by atoms with Crippen LogP contribution in [-0.2, 0) is 26.0 Å². The monoisotopic (exact) mass is 546 g/mol. The lowest BCUT2D eigenvalue weighted by molar-refractivity contribution is -0.274. The third-order valence-corrected chi connectivity index (χ3v) is 6.32. The van der Waals surface area contributed by atoms with E-state index in [1.807, 2.05) is 4.72 Å². The molecule has 0 heterocycles. The third-order valence-electron chi connectivity index (χ3n) is 5.34. The van der Waals surface area contributed by atoms with Crippen LogP contribution in [0.15, 0.2) is 90.3 Å². The molecule has 0 aliphatic carbocycles. The van der Waals surface area contributed by atoms with Gasteiger partial charge >= 0.3 is 6.36 Å². The molecule has 3 aromatic carbocycles. The molecule has 1 N–H and O–H groups in total. The van der Waals surface area contributed by atoms with Crippen LogP contribution < -0.4 is 14.4 Å². The molecule has 0 aliphatic heterocycles. The SMILES string of the molecule is CCN(C(=O)C(Cc1ccc(OC(F)(F)F)cc1)C(=O)NS(=O)(=O)/C=C/c1ccccc1)c1ccccc1. The Balaban J connectivity index is 1.87. The van der Waals surface area contributed by atoms with Crippen molar-refractivity contribution in [2.75, 3.05) is 11.4 Å². The van der Waals surface area contributed by atoms with Gasteiger partial charge in [-0.3, -0.25) is 9.59 Å². The second-order valence-electron chi connectivity index (χ2n) is 8.09. The summed E-state index contributed by atoms with van der Waals surface area (Å²) in [4.78, 5) is 28.0. The first-order valence-electron chi connectivity index (χ1n) is 11.5. The molecule has 1 atom stereocenters. The number of anilines is 1. The van der Waals surface area contributed by atoms with Gasteiger partial charge in [-0.05, 0) is 54.8 Å². The first-order chi connectivity index (χ1) is 18.0. The Hall–Kier alpha value is -4.12. The summed E-state index contributed by atoms with van der Waals surface area (Å²) in [7, 11) is -4.27. The fraction of sp³-hybridized carbons (Fsp3) is 0.185. The molecule has 0 aliphatic rings. The molecule has 0 aromatic heterocycles. The predicted molar refractivity (Wildman–Crippen MR) is 137 cm³/mol. The first kappa shape index (κ1) is 28.5. The normalized spacial score (nSPS) is 12.6. The topological polar surface area (TPSA) is 92.8 Å². The van der Waals surface area contributed by atoms with Crippen molar-refractivity contribution in [3.63, 3.8) is 0 Å². The van der Waals surface area contributed by atoms with Crippen molar-refractivity contribution in [1.29, 1.82) is 0 Å². The van der Waals surface area contributed by atoms with Gasteiger partial charge in [0, 0.05) is 12.2 Å². The number of ether oxygens (including phenoxy) is 1. The van der Waals surface area contributed by atoms with E-state index in [9.17, 15) is 31.2 Å². The summed E-state index contributed by atoms with van der Waals surface area (Å²) in [6.45, 7) is 1.88. The molecule has 0 saturated heterocycles. The number of sulfonamides is 1. The minimum Gasteiger partial charge on any atom is -0.406 e. The highest BCUT2D eigenvalue weighted by Gasteiger charge is 2.34. The van der Waals surface area contributed by atoms with Crippen LogP contribution in [0.1, 0.15) is 18.1 Å². The van der Waals surface area contributed by atoms with E-state index in [1.54, 1.807) is 67.6 Å². The number of rotatable bonds is 10. The molecule has 3 rings (SSSR count). The van der Waals surface area contributed by atoms with E-state index in [4.69, 9.17) is 0 Å². The number of nitrogens with zero attached hydrogens (tertiary/aromatic N) is 1. The minimum absolute atomic E-state index is 0.186. The van der Waals surface area contributed by atoms with E-state index in [1.165, 1.54) is 23.1 Å². The molecule has 1 unspecified atom stereocenters. The largest absolute Gasteiger partial charge is 0.573 e. The zero-order valence-electron chi connectivity index (χ0n) is 20.3. The number of carbonyl (C=O) groups is 2. The summed E-state index contributed by atoms with van der Waals surface area (Å²) < 4.78 is 68.5. The maximum atomic E-state index is 13.5. The molecule has 0 spiro atoms. The summed E-state index contributed by atoms with van der Waals surface area (Å²) in [6, 6.07) is 21.7. The first-order valence-corrected chi connectivity index (χ1v) is 13.0. The molecule has 11 heteroatoms. The van der Waals surface area contributed by atoms with Gasteiger partial charge in [0.1, 0.15) is 11.7 Å². The smallest absolute Gasteiger partial charge is 0.406 e. The maximum Gasteiger partial charge on any atom is 0.573 e. The number of halogens is 3. The molecule has 7 nitrogen and oxygen atoms in total. The predicted octanol–water partition coefficient (Wildman–Crippen LogP) is 4.91. The number of para-hydroxylation sites is 1. The van der Waals surface area contributed by atoms with Crippen LogP contribution in [0, 0.1) is 5.92 Å². The number of alkyl halides is 3. The third kappa shape index (κ3) is 8.48. The Morgan fingerprint density at radius 1 is 0.947 bits per heavy atom. The molecule has 0 bridgehead atoms. The Kier molecular flexibility index (Phi) is 9.30. The molecule has 0 fully saturated rings. The Morgan fingerprint density at radius 2 is 1.53 bits per heavy atom. The second-order valence-corrected chi connectivity index (χ2v) is 9.66. The number of amides is 2. The lowest BCUT2D eigenvalue weighted by Crippen LogP contribution is -2.46. The lowest BCUT2D eigenvalue weighted by atomic mass is 9.96.